The molecule has 3 rings (SSSR count). The fourth-order valence-electron chi connectivity index (χ4n) is 2.22. The number of esters is 2. The van der Waals surface area contributed by atoms with E-state index < -0.39 is 11.9 Å². The maximum atomic E-state index is 11.8. The largest absolute Gasteiger partial charge is 0.464 e. The van der Waals surface area contributed by atoms with Gasteiger partial charge in [-0.1, -0.05) is 18.2 Å². The van der Waals surface area contributed by atoms with E-state index in [-0.39, 0.29) is 17.1 Å². The number of aromatic nitrogens is 2. The molecular formula is C19H16N6O4. The summed E-state index contributed by atoms with van der Waals surface area (Å²) >= 11 is 0. The van der Waals surface area contributed by atoms with Crippen LogP contribution >= 0.6 is 0 Å². The van der Waals surface area contributed by atoms with Crippen LogP contribution in [-0.2, 0) is 9.47 Å². The molecule has 0 bridgehead atoms. The Balaban J connectivity index is 1.81. The second-order valence-corrected chi connectivity index (χ2v) is 5.53. The van der Waals surface area contributed by atoms with E-state index in [1.807, 2.05) is 30.3 Å². The number of methoxy groups -OCH3 is 2. The molecule has 0 atom stereocenters. The summed E-state index contributed by atoms with van der Waals surface area (Å²) in [6, 6.07) is 16.1. The third-order valence-corrected chi connectivity index (χ3v) is 3.66. The first-order chi connectivity index (χ1) is 14.1. The zero-order valence-corrected chi connectivity index (χ0v) is 15.6. The van der Waals surface area contributed by atoms with Gasteiger partial charge in [0.25, 0.3) is 0 Å². The molecule has 0 fully saturated rings. The van der Waals surface area contributed by atoms with Gasteiger partial charge in [-0.05, 0) is 36.4 Å². The van der Waals surface area contributed by atoms with Gasteiger partial charge in [0.2, 0.25) is 0 Å². The zero-order valence-electron chi connectivity index (χ0n) is 15.6. The van der Waals surface area contributed by atoms with Crippen LogP contribution in [0.1, 0.15) is 21.0 Å². The average molecular weight is 392 g/mol. The number of hydrogen-bond acceptors (Lipinski definition) is 9. The van der Waals surface area contributed by atoms with E-state index >= 15 is 0 Å². The molecule has 1 heterocycles. The Bertz CT molecular complexity index is 1020. The number of benzene rings is 2. The molecule has 0 radical (unpaired) electrons. The fourth-order valence-corrected chi connectivity index (χ4v) is 2.22. The van der Waals surface area contributed by atoms with Crippen molar-refractivity contribution >= 4 is 34.7 Å². The van der Waals surface area contributed by atoms with Crippen LogP contribution in [0.2, 0.25) is 0 Å². The molecule has 0 aliphatic carbocycles. The van der Waals surface area contributed by atoms with E-state index in [4.69, 9.17) is 0 Å². The van der Waals surface area contributed by atoms with Crippen LogP contribution in [0.3, 0.4) is 0 Å². The lowest BCUT2D eigenvalue weighted by Crippen LogP contribution is -2.03. The highest BCUT2D eigenvalue weighted by Gasteiger charge is 2.25. The predicted molar refractivity (Wildman–Crippen MR) is 103 cm³/mol. The van der Waals surface area contributed by atoms with E-state index in [0.29, 0.717) is 11.4 Å². The summed E-state index contributed by atoms with van der Waals surface area (Å²) in [6.07, 6.45) is 0. The van der Waals surface area contributed by atoms with Crippen molar-refractivity contribution in [3.05, 3.63) is 66.0 Å². The molecule has 2 aromatic carbocycles. The molecule has 0 saturated carbocycles. The number of carbonyl (C=O) groups excluding carboxylic acids is 2. The number of aromatic amines is 1. The number of nitrogens with zero attached hydrogens (tertiary/aromatic N) is 5. The molecule has 10 heteroatoms. The van der Waals surface area contributed by atoms with Crippen molar-refractivity contribution in [3.63, 3.8) is 0 Å². The van der Waals surface area contributed by atoms with Gasteiger partial charge in [0.05, 0.1) is 31.3 Å². The maximum absolute atomic E-state index is 11.8. The van der Waals surface area contributed by atoms with Crippen molar-refractivity contribution < 1.29 is 19.1 Å². The first-order valence-corrected chi connectivity index (χ1v) is 8.36. The van der Waals surface area contributed by atoms with Gasteiger partial charge in [0.1, 0.15) is 0 Å². The minimum Gasteiger partial charge on any atom is -0.464 e. The van der Waals surface area contributed by atoms with Crippen molar-refractivity contribution in [1.82, 2.24) is 10.2 Å². The highest BCUT2D eigenvalue weighted by molar-refractivity contribution is 6.01. The Morgan fingerprint density at radius 1 is 0.759 bits per heavy atom. The quantitative estimate of drug-likeness (QED) is 0.475. The second-order valence-electron chi connectivity index (χ2n) is 5.53. The number of H-pyrrole nitrogens is 1. The van der Waals surface area contributed by atoms with Crippen LogP contribution in [0.5, 0.6) is 0 Å². The minimum absolute atomic E-state index is 0.0726. The molecule has 0 aliphatic heterocycles. The van der Waals surface area contributed by atoms with E-state index in [9.17, 15) is 9.59 Å². The highest BCUT2D eigenvalue weighted by Crippen LogP contribution is 2.27. The number of hydrogen-bond donors (Lipinski definition) is 1. The Hall–Kier alpha value is -4.21. The molecular weight excluding hydrogens is 376 g/mol. The van der Waals surface area contributed by atoms with Crippen molar-refractivity contribution in [2.45, 2.75) is 0 Å². The summed E-state index contributed by atoms with van der Waals surface area (Å²) in [4.78, 5) is 23.7. The number of rotatable bonds is 6. The molecule has 146 valence electrons. The average Bonchev–Trinajstić information content (AvgIpc) is 3.20. The molecule has 10 nitrogen and oxygen atoms in total. The highest BCUT2D eigenvalue weighted by atomic mass is 16.5. The number of azo groups is 2. The SMILES string of the molecule is COC(=O)c1n[nH]c(C(=O)OC)c1N=Nc1ccc(N=Nc2ccccc2)cc1. The van der Waals surface area contributed by atoms with Crippen molar-refractivity contribution in [2.24, 2.45) is 20.5 Å². The van der Waals surface area contributed by atoms with Gasteiger partial charge in [-0.25, -0.2) is 9.59 Å². The van der Waals surface area contributed by atoms with Gasteiger partial charge < -0.3 is 9.47 Å². The Morgan fingerprint density at radius 2 is 1.28 bits per heavy atom. The number of ether oxygens (including phenoxy) is 2. The zero-order chi connectivity index (χ0) is 20.6. The van der Waals surface area contributed by atoms with E-state index in [0.717, 1.165) is 5.69 Å². The van der Waals surface area contributed by atoms with E-state index in [1.165, 1.54) is 14.2 Å². The summed E-state index contributed by atoms with van der Waals surface area (Å²) in [5.74, 6) is -1.50. The van der Waals surface area contributed by atoms with Crippen LogP contribution in [-0.4, -0.2) is 36.4 Å². The molecule has 0 saturated heterocycles. The predicted octanol–water partition coefficient (Wildman–Crippen LogP) is 4.81. The van der Waals surface area contributed by atoms with Crippen molar-refractivity contribution in [3.8, 4) is 0 Å². The van der Waals surface area contributed by atoms with Gasteiger partial charge in [0, 0.05) is 0 Å². The smallest absolute Gasteiger partial charge is 0.360 e. The van der Waals surface area contributed by atoms with Crippen LogP contribution in [0, 0.1) is 0 Å². The van der Waals surface area contributed by atoms with Crippen LogP contribution < -0.4 is 0 Å². The molecule has 3 aromatic rings. The van der Waals surface area contributed by atoms with E-state index in [1.54, 1.807) is 24.3 Å². The van der Waals surface area contributed by atoms with Crippen LogP contribution in [0.15, 0.2) is 75.1 Å². The molecule has 0 amide bonds. The maximum Gasteiger partial charge on any atom is 0.360 e. The molecule has 1 N–H and O–H groups in total. The fraction of sp³-hybridized carbons (Fsp3) is 0.105. The van der Waals surface area contributed by atoms with Gasteiger partial charge in [-0.3, -0.25) is 5.10 Å². The lowest BCUT2D eigenvalue weighted by Gasteiger charge is -1.99. The van der Waals surface area contributed by atoms with Crippen LogP contribution in [0.25, 0.3) is 0 Å². The normalized spacial score (nSPS) is 11.1. The van der Waals surface area contributed by atoms with Gasteiger partial charge in [0.15, 0.2) is 17.1 Å². The third-order valence-electron chi connectivity index (χ3n) is 3.66. The Labute approximate surface area is 165 Å². The molecule has 0 unspecified atom stereocenters. The summed E-state index contributed by atoms with van der Waals surface area (Å²) < 4.78 is 9.28. The second kappa shape index (κ2) is 9.13. The standard InChI is InChI=1S/C19H16N6O4/c1-28-18(26)16-15(17(25-24-16)19(27)29-2)23-22-14-10-8-13(9-11-14)21-20-12-6-4-3-5-7-12/h3-11H,1-2H3,(H,24,25). The lowest BCUT2D eigenvalue weighted by molar-refractivity contribution is 0.0588. The topological polar surface area (TPSA) is 131 Å². The van der Waals surface area contributed by atoms with Gasteiger partial charge >= 0.3 is 11.9 Å². The van der Waals surface area contributed by atoms with Crippen LogP contribution in [0.4, 0.5) is 22.7 Å². The Kier molecular flexibility index (Phi) is 6.15. The van der Waals surface area contributed by atoms with Crippen molar-refractivity contribution in [1.29, 1.82) is 0 Å². The Morgan fingerprint density at radius 3 is 1.83 bits per heavy atom. The molecule has 29 heavy (non-hydrogen) atoms. The summed E-state index contributed by atoms with van der Waals surface area (Å²) in [5.41, 5.74) is 1.48. The molecule has 0 spiro atoms. The van der Waals surface area contributed by atoms with Crippen molar-refractivity contribution in [2.75, 3.05) is 14.2 Å². The van der Waals surface area contributed by atoms with Gasteiger partial charge in [-0.15, -0.1) is 5.11 Å². The number of carbonyl (C=O) groups is 2. The summed E-state index contributed by atoms with van der Waals surface area (Å²) in [6.45, 7) is 0. The first kappa shape index (κ1) is 19.5. The summed E-state index contributed by atoms with van der Waals surface area (Å²) in [7, 11) is 2.39. The minimum atomic E-state index is -0.762. The number of nitrogens with one attached hydrogen (secondary N) is 1. The van der Waals surface area contributed by atoms with E-state index in [2.05, 4.69) is 40.1 Å². The molecule has 1 aromatic heterocycles. The monoisotopic (exact) mass is 392 g/mol. The third kappa shape index (κ3) is 4.75. The van der Waals surface area contributed by atoms with Gasteiger partial charge in [-0.2, -0.15) is 20.4 Å². The summed E-state index contributed by atoms with van der Waals surface area (Å²) in [5, 5.41) is 22.4. The lowest BCUT2D eigenvalue weighted by atomic mass is 10.3. The molecule has 0 aliphatic rings. The first-order valence-electron chi connectivity index (χ1n) is 8.36.